The third kappa shape index (κ3) is 2.29. The lowest BCUT2D eigenvalue weighted by molar-refractivity contribution is 0.439. The maximum Gasteiger partial charge on any atom is 0.287 e. The number of halogens is 1. The molecule has 2 bridgehead atoms. The Morgan fingerprint density at radius 1 is 1.53 bits per heavy atom. The summed E-state index contributed by atoms with van der Waals surface area (Å²) in [6, 6.07) is 0.452. The molecule has 2 aliphatic carbocycles. The number of nitrogens with one attached hydrogen (secondary N) is 1. The van der Waals surface area contributed by atoms with E-state index in [-0.39, 0.29) is 10.6 Å². The molecule has 102 valence electrons. The van der Waals surface area contributed by atoms with E-state index in [0.717, 1.165) is 11.8 Å². The molecule has 4 nitrogen and oxygen atoms in total. The van der Waals surface area contributed by atoms with Crippen LogP contribution in [-0.4, -0.2) is 15.8 Å². The van der Waals surface area contributed by atoms with Crippen molar-refractivity contribution in [2.75, 3.05) is 5.32 Å². The molecule has 3 unspecified atom stereocenters. The molecule has 1 heterocycles. The molecule has 2 saturated carbocycles. The largest absolute Gasteiger partial charge is 0.379 e. The van der Waals surface area contributed by atoms with E-state index in [9.17, 15) is 4.79 Å². The third-order valence-corrected chi connectivity index (χ3v) is 4.73. The first-order valence-corrected chi connectivity index (χ1v) is 7.20. The molecular formula is C14H18ClN3O. The fraction of sp³-hybridized carbons (Fsp3) is 0.571. The van der Waals surface area contributed by atoms with Crippen LogP contribution < -0.4 is 10.9 Å². The Morgan fingerprint density at radius 3 is 3.00 bits per heavy atom. The van der Waals surface area contributed by atoms with Crippen LogP contribution in [0.3, 0.4) is 0 Å². The highest BCUT2D eigenvalue weighted by Crippen LogP contribution is 2.45. The highest BCUT2D eigenvalue weighted by atomic mass is 35.5. The van der Waals surface area contributed by atoms with Gasteiger partial charge in [0.25, 0.3) is 5.56 Å². The minimum atomic E-state index is -0.255. The molecule has 1 aromatic heterocycles. The van der Waals surface area contributed by atoms with Crippen LogP contribution in [0.25, 0.3) is 0 Å². The zero-order valence-corrected chi connectivity index (χ0v) is 11.6. The summed E-state index contributed by atoms with van der Waals surface area (Å²) in [5.41, 5.74) is 0.416. The number of rotatable bonds is 4. The number of anilines is 1. The van der Waals surface area contributed by atoms with E-state index >= 15 is 0 Å². The monoisotopic (exact) mass is 279 g/mol. The van der Waals surface area contributed by atoms with E-state index in [0.29, 0.717) is 18.3 Å². The second kappa shape index (κ2) is 5.00. The topological polar surface area (TPSA) is 46.9 Å². The first-order chi connectivity index (χ1) is 9.19. The van der Waals surface area contributed by atoms with Crippen LogP contribution in [0.4, 0.5) is 5.69 Å². The molecular weight excluding hydrogens is 262 g/mol. The van der Waals surface area contributed by atoms with Gasteiger partial charge in [0.2, 0.25) is 0 Å². The van der Waals surface area contributed by atoms with Crippen molar-refractivity contribution in [2.24, 2.45) is 11.8 Å². The maximum absolute atomic E-state index is 12.0. The van der Waals surface area contributed by atoms with E-state index in [1.165, 1.54) is 30.4 Å². The van der Waals surface area contributed by atoms with Crippen molar-refractivity contribution in [1.29, 1.82) is 0 Å². The van der Waals surface area contributed by atoms with Crippen LogP contribution in [0.15, 0.2) is 23.6 Å². The summed E-state index contributed by atoms with van der Waals surface area (Å²) in [5, 5.41) is 7.77. The zero-order chi connectivity index (χ0) is 13.4. The summed E-state index contributed by atoms with van der Waals surface area (Å²) in [4.78, 5) is 12.0. The van der Waals surface area contributed by atoms with Gasteiger partial charge < -0.3 is 5.32 Å². The third-order valence-electron chi connectivity index (χ3n) is 4.37. The summed E-state index contributed by atoms with van der Waals surface area (Å²) in [5.74, 6) is 1.59. The van der Waals surface area contributed by atoms with E-state index < -0.39 is 0 Å². The van der Waals surface area contributed by atoms with Gasteiger partial charge in [0.05, 0.1) is 18.4 Å². The van der Waals surface area contributed by atoms with Crippen molar-refractivity contribution >= 4 is 17.3 Å². The Labute approximate surface area is 117 Å². The van der Waals surface area contributed by atoms with Crippen LogP contribution in [0.2, 0.25) is 5.02 Å². The molecule has 3 atom stereocenters. The number of allylic oxidation sites excluding steroid dienone is 1. The molecule has 0 radical (unpaired) electrons. The standard InChI is InChI=1S/C14H18ClN3O/c1-2-5-18-14(19)13(15)12(8-16-18)17-11-7-9-3-4-10(11)6-9/h2,8-11,17H,1,3-7H2. The maximum atomic E-state index is 12.0. The molecule has 1 N–H and O–H groups in total. The van der Waals surface area contributed by atoms with Gasteiger partial charge in [-0.3, -0.25) is 4.79 Å². The Morgan fingerprint density at radius 2 is 2.37 bits per heavy atom. The molecule has 19 heavy (non-hydrogen) atoms. The van der Waals surface area contributed by atoms with Crippen molar-refractivity contribution < 1.29 is 0 Å². The molecule has 0 amide bonds. The minimum absolute atomic E-state index is 0.236. The van der Waals surface area contributed by atoms with Crippen molar-refractivity contribution in [3.63, 3.8) is 0 Å². The second-order valence-corrected chi connectivity index (χ2v) is 5.95. The lowest BCUT2D eigenvalue weighted by Crippen LogP contribution is -2.29. The van der Waals surface area contributed by atoms with Crippen molar-refractivity contribution in [3.05, 3.63) is 34.2 Å². The van der Waals surface area contributed by atoms with Crippen LogP contribution in [0.1, 0.15) is 25.7 Å². The van der Waals surface area contributed by atoms with Gasteiger partial charge in [-0.25, -0.2) is 4.68 Å². The molecule has 2 fully saturated rings. The fourth-order valence-corrected chi connectivity index (χ4v) is 3.64. The highest BCUT2D eigenvalue weighted by Gasteiger charge is 2.39. The lowest BCUT2D eigenvalue weighted by Gasteiger charge is -2.24. The molecule has 3 rings (SSSR count). The van der Waals surface area contributed by atoms with Crippen LogP contribution >= 0.6 is 11.6 Å². The zero-order valence-electron chi connectivity index (χ0n) is 10.8. The van der Waals surface area contributed by atoms with Crippen LogP contribution in [0, 0.1) is 11.8 Å². The van der Waals surface area contributed by atoms with E-state index in [1.807, 2.05) is 0 Å². The van der Waals surface area contributed by atoms with Crippen LogP contribution in [-0.2, 0) is 6.54 Å². The number of hydrogen-bond acceptors (Lipinski definition) is 3. The van der Waals surface area contributed by atoms with Crippen molar-refractivity contribution in [1.82, 2.24) is 9.78 Å². The minimum Gasteiger partial charge on any atom is -0.379 e. The Balaban J connectivity index is 1.80. The first kappa shape index (κ1) is 12.7. The van der Waals surface area contributed by atoms with E-state index in [4.69, 9.17) is 11.6 Å². The van der Waals surface area contributed by atoms with Crippen molar-refractivity contribution in [2.45, 2.75) is 38.3 Å². The van der Waals surface area contributed by atoms with Crippen LogP contribution in [0.5, 0.6) is 0 Å². The van der Waals surface area contributed by atoms with Gasteiger partial charge in [-0.2, -0.15) is 5.10 Å². The SMILES string of the molecule is C=CCn1ncc(NC2CC3CCC2C3)c(Cl)c1=O. The second-order valence-electron chi connectivity index (χ2n) is 5.57. The fourth-order valence-electron chi connectivity index (χ4n) is 3.44. The number of nitrogens with zero attached hydrogens (tertiary/aromatic N) is 2. The Bertz CT molecular complexity index is 554. The number of aromatic nitrogens is 2. The van der Waals surface area contributed by atoms with Gasteiger partial charge in [-0.05, 0) is 31.1 Å². The highest BCUT2D eigenvalue weighted by molar-refractivity contribution is 6.32. The quantitative estimate of drug-likeness (QED) is 0.862. The van der Waals surface area contributed by atoms with Crippen molar-refractivity contribution in [3.8, 4) is 0 Å². The molecule has 0 spiro atoms. The normalized spacial score (nSPS) is 28.6. The van der Waals surface area contributed by atoms with E-state index in [1.54, 1.807) is 12.3 Å². The molecule has 2 aliphatic rings. The van der Waals surface area contributed by atoms with Gasteiger partial charge in [0.1, 0.15) is 5.02 Å². The van der Waals surface area contributed by atoms with Gasteiger partial charge in [0, 0.05) is 6.04 Å². The summed E-state index contributed by atoms with van der Waals surface area (Å²) in [6.07, 6.45) is 8.44. The van der Waals surface area contributed by atoms with E-state index in [2.05, 4.69) is 17.0 Å². The Kier molecular flexibility index (Phi) is 3.35. The predicted molar refractivity (Wildman–Crippen MR) is 76.6 cm³/mol. The molecule has 0 saturated heterocycles. The number of hydrogen-bond donors (Lipinski definition) is 1. The number of fused-ring (bicyclic) bond motifs is 2. The van der Waals surface area contributed by atoms with Gasteiger partial charge in [-0.15, -0.1) is 6.58 Å². The average molecular weight is 280 g/mol. The Hall–Kier alpha value is -1.29. The smallest absolute Gasteiger partial charge is 0.287 e. The first-order valence-electron chi connectivity index (χ1n) is 6.82. The van der Waals surface area contributed by atoms with Gasteiger partial charge >= 0.3 is 0 Å². The summed E-state index contributed by atoms with van der Waals surface area (Å²) in [6.45, 7) is 3.98. The molecule has 0 aromatic carbocycles. The van der Waals surface area contributed by atoms with Gasteiger partial charge in [0.15, 0.2) is 0 Å². The average Bonchev–Trinajstić information content (AvgIpc) is 3.01. The summed E-state index contributed by atoms with van der Waals surface area (Å²) in [7, 11) is 0. The lowest BCUT2D eigenvalue weighted by atomic mass is 9.95. The van der Waals surface area contributed by atoms with Gasteiger partial charge in [-0.1, -0.05) is 24.1 Å². The predicted octanol–water partition coefficient (Wildman–Crippen LogP) is 2.68. The molecule has 0 aliphatic heterocycles. The molecule has 5 heteroatoms. The molecule has 1 aromatic rings. The summed E-state index contributed by atoms with van der Waals surface area (Å²) < 4.78 is 1.32. The summed E-state index contributed by atoms with van der Waals surface area (Å²) >= 11 is 6.14.